The molecular formula is C10H14N4O. The van der Waals surface area contributed by atoms with E-state index in [1.54, 1.807) is 17.2 Å². The van der Waals surface area contributed by atoms with E-state index in [4.69, 9.17) is 5.73 Å². The fraction of sp³-hybridized carbons (Fsp3) is 0.500. The van der Waals surface area contributed by atoms with Gasteiger partial charge in [-0.2, -0.15) is 0 Å². The molecule has 0 bridgehead atoms. The Balaban J connectivity index is 2.04. The van der Waals surface area contributed by atoms with Crippen LogP contribution in [0.5, 0.6) is 0 Å². The molecule has 5 nitrogen and oxygen atoms in total. The molecule has 1 aromatic rings. The number of nitrogens with zero attached hydrogens (tertiary/aromatic N) is 3. The van der Waals surface area contributed by atoms with E-state index in [1.165, 1.54) is 0 Å². The number of rotatable bonds is 2. The first-order valence-corrected chi connectivity index (χ1v) is 5.11. The van der Waals surface area contributed by atoms with Crippen LogP contribution in [0.2, 0.25) is 0 Å². The van der Waals surface area contributed by atoms with E-state index >= 15 is 0 Å². The molecule has 0 radical (unpaired) electrons. The van der Waals surface area contributed by atoms with Crippen LogP contribution in [0.25, 0.3) is 0 Å². The number of carbonyl (C=O) groups is 1. The van der Waals surface area contributed by atoms with E-state index < -0.39 is 0 Å². The second kappa shape index (κ2) is 4.25. The van der Waals surface area contributed by atoms with Crippen molar-refractivity contribution in [1.29, 1.82) is 0 Å². The molecule has 80 valence electrons. The lowest BCUT2D eigenvalue weighted by Crippen LogP contribution is -2.35. The van der Waals surface area contributed by atoms with Gasteiger partial charge in [0.2, 0.25) is 5.91 Å². The molecule has 1 amide bonds. The van der Waals surface area contributed by atoms with Crippen LogP contribution in [-0.2, 0) is 11.3 Å². The average Bonchev–Trinajstić information content (AvgIpc) is 2.22. The second-order valence-corrected chi connectivity index (χ2v) is 3.67. The molecule has 1 aliphatic heterocycles. The standard InChI is InChI=1S/C10H14N4O/c11-8-4-5-12-9(13-8)7-14-6-2-1-3-10(14)15/h4-5H,1-3,6-7H2,(H2,11,12,13). The normalized spacial score (nSPS) is 16.8. The number of hydrogen-bond acceptors (Lipinski definition) is 4. The molecule has 5 heteroatoms. The highest BCUT2D eigenvalue weighted by molar-refractivity contribution is 5.76. The van der Waals surface area contributed by atoms with Crippen LogP contribution >= 0.6 is 0 Å². The average molecular weight is 206 g/mol. The first-order valence-electron chi connectivity index (χ1n) is 5.11. The highest BCUT2D eigenvalue weighted by Crippen LogP contribution is 2.12. The largest absolute Gasteiger partial charge is 0.384 e. The molecule has 15 heavy (non-hydrogen) atoms. The third-order valence-electron chi connectivity index (χ3n) is 2.48. The third-order valence-corrected chi connectivity index (χ3v) is 2.48. The van der Waals surface area contributed by atoms with Gasteiger partial charge in [0, 0.05) is 19.2 Å². The van der Waals surface area contributed by atoms with Gasteiger partial charge in [0.05, 0.1) is 6.54 Å². The Labute approximate surface area is 88.3 Å². The van der Waals surface area contributed by atoms with Gasteiger partial charge >= 0.3 is 0 Å². The van der Waals surface area contributed by atoms with E-state index in [1.807, 2.05) is 0 Å². The van der Waals surface area contributed by atoms with Crippen molar-refractivity contribution in [3.63, 3.8) is 0 Å². The first-order chi connectivity index (χ1) is 7.25. The lowest BCUT2D eigenvalue weighted by Gasteiger charge is -2.25. The van der Waals surface area contributed by atoms with Gasteiger partial charge in [0.15, 0.2) is 0 Å². The summed E-state index contributed by atoms with van der Waals surface area (Å²) in [5, 5.41) is 0. The fourth-order valence-electron chi connectivity index (χ4n) is 1.69. The minimum absolute atomic E-state index is 0.187. The number of piperidine rings is 1. The molecule has 0 saturated carbocycles. The minimum Gasteiger partial charge on any atom is -0.384 e. The van der Waals surface area contributed by atoms with Gasteiger partial charge in [-0.15, -0.1) is 0 Å². The highest BCUT2D eigenvalue weighted by atomic mass is 16.2. The van der Waals surface area contributed by atoms with Crippen molar-refractivity contribution in [3.05, 3.63) is 18.1 Å². The van der Waals surface area contributed by atoms with E-state index in [9.17, 15) is 4.79 Å². The third kappa shape index (κ3) is 2.43. The van der Waals surface area contributed by atoms with Crippen LogP contribution in [-0.4, -0.2) is 27.3 Å². The maximum atomic E-state index is 11.5. The predicted molar refractivity (Wildman–Crippen MR) is 55.7 cm³/mol. The van der Waals surface area contributed by atoms with E-state index in [0.29, 0.717) is 24.6 Å². The number of aromatic nitrogens is 2. The number of nitrogens with two attached hydrogens (primary N) is 1. The van der Waals surface area contributed by atoms with Crippen LogP contribution < -0.4 is 5.73 Å². The topological polar surface area (TPSA) is 72.1 Å². The molecule has 1 fully saturated rings. The molecule has 1 aromatic heterocycles. The summed E-state index contributed by atoms with van der Waals surface area (Å²) in [5.41, 5.74) is 5.54. The zero-order chi connectivity index (χ0) is 10.7. The van der Waals surface area contributed by atoms with Gasteiger partial charge in [-0.25, -0.2) is 9.97 Å². The van der Waals surface area contributed by atoms with E-state index in [-0.39, 0.29) is 5.91 Å². The van der Waals surface area contributed by atoms with Gasteiger partial charge in [-0.1, -0.05) is 0 Å². The number of amides is 1. The van der Waals surface area contributed by atoms with Crippen LogP contribution in [0.1, 0.15) is 25.1 Å². The number of hydrogen-bond donors (Lipinski definition) is 1. The Bertz CT molecular complexity index is 366. The molecule has 0 aromatic carbocycles. The van der Waals surface area contributed by atoms with Gasteiger partial charge in [0.1, 0.15) is 11.6 Å². The smallest absolute Gasteiger partial charge is 0.222 e. The zero-order valence-electron chi connectivity index (χ0n) is 8.52. The Kier molecular flexibility index (Phi) is 2.80. The molecule has 0 atom stereocenters. The van der Waals surface area contributed by atoms with Crippen LogP contribution in [0.4, 0.5) is 5.82 Å². The van der Waals surface area contributed by atoms with Crippen molar-refractivity contribution < 1.29 is 4.79 Å². The summed E-state index contributed by atoms with van der Waals surface area (Å²) in [7, 11) is 0. The van der Waals surface area contributed by atoms with Crippen molar-refractivity contribution in [2.45, 2.75) is 25.8 Å². The molecule has 2 N–H and O–H groups in total. The first kappa shape index (κ1) is 9.89. The lowest BCUT2D eigenvalue weighted by molar-refractivity contribution is -0.134. The van der Waals surface area contributed by atoms with Gasteiger partial charge in [-0.3, -0.25) is 4.79 Å². The van der Waals surface area contributed by atoms with Crippen LogP contribution in [0.15, 0.2) is 12.3 Å². The van der Waals surface area contributed by atoms with Crippen molar-refractivity contribution >= 4 is 11.7 Å². The molecule has 1 saturated heterocycles. The second-order valence-electron chi connectivity index (χ2n) is 3.67. The number of anilines is 1. The van der Waals surface area contributed by atoms with Crippen molar-refractivity contribution in [2.24, 2.45) is 0 Å². The van der Waals surface area contributed by atoms with E-state index in [2.05, 4.69) is 9.97 Å². The summed E-state index contributed by atoms with van der Waals surface area (Å²) in [6, 6.07) is 1.64. The fourth-order valence-corrected chi connectivity index (χ4v) is 1.69. The maximum absolute atomic E-state index is 11.5. The maximum Gasteiger partial charge on any atom is 0.222 e. The Hall–Kier alpha value is -1.65. The van der Waals surface area contributed by atoms with Crippen LogP contribution in [0, 0.1) is 0 Å². The van der Waals surface area contributed by atoms with Gasteiger partial charge in [-0.05, 0) is 18.9 Å². The molecule has 1 aliphatic rings. The zero-order valence-corrected chi connectivity index (χ0v) is 8.52. The molecule has 0 unspecified atom stereocenters. The van der Waals surface area contributed by atoms with Crippen molar-refractivity contribution in [1.82, 2.24) is 14.9 Å². The molecule has 2 rings (SSSR count). The molecule has 0 spiro atoms. The van der Waals surface area contributed by atoms with E-state index in [0.717, 1.165) is 19.4 Å². The summed E-state index contributed by atoms with van der Waals surface area (Å²) in [6.07, 6.45) is 4.32. The van der Waals surface area contributed by atoms with Gasteiger partial charge in [0.25, 0.3) is 0 Å². The predicted octanol–water partition coefficient (Wildman–Crippen LogP) is 0.571. The highest BCUT2D eigenvalue weighted by Gasteiger charge is 2.18. The Morgan fingerprint density at radius 1 is 1.47 bits per heavy atom. The monoisotopic (exact) mass is 206 g/mol. The summed E-state index contributed by atoms with van der Waals surface area (Å²) in [5.74, 6) is 1.25. The Morgan fingerprint density at radius 3 is 3.07 bits per heavy atom. The SMILES string of the molecule is Nc1ccnc(CN2CCCCC2=O)n1. The lowest BCUT2D eigenvalue weighted by atomic mass is 10.1. The summed E-state index contributed by atoms with van der Waals surface area (Å²) >= 11 is 0. The number of likely N-dealkylation sites (tertiary alicyclic amines) is 1. The van der Waals surface area contributed by atoms with Gasteiger partial charge < -0.3 is 10.6 Å². The molecular weight excluding hydrogens is 192 g/mol. The summed E-state index contributed by atoms with van der Waals surface area (Å²) in [4.78, 5) is 21.5. The van der Waals surface area contributed by atoms with Crippen molar-refractivity contribution in [2.75, 3.05) is 12.3 Å². The quantitative estimate of drug-likeness (QED) is 0.767. The number of nitrogen functional groups attached to an aromatic ring is 1. The summed E-state index contributed by atoms with van der Waals surface area (Å²) < 4.78 is 0. The van der Waals surface area contributed by atoms with Crippen LogP contribution in [0.3, 0.4) is 0 Å². The minimum atomic E-state index is 0.187. The number of carbonyl (C=O) groups excluding carboxylic acids is 1. The van der Waals surface area contributed by atoms with Crippen molar-refractivity contribution in [3.8, 4) is 0 Å². The Morgan fingerprint density at radius 2 is 2.33 bits per heavy atom. The summed E-state index contributed by atoms with van der Waals surface area (Å²) in [6.45, 7) is 1.28. The molecule has 2 heterocycles. The molecule has 0 aliphatic carbocycles.